The number of rotatable bonds is 4. The second-order valence-corrected chi connectivity index (χ2v) is 11.8. The van der Waals surface area contributed by atoms with Gasteiger partial charge in [-0.1, -0.05) is 5.56 Å². The van der Waals surface area contributed by atoms with Crippen molar-refractivity contribution in [2.24, 2.45) is 5.41 Å². The van der Waals surface area contributed by atoms with Crippen LogP contribution in [-0.4, -0.2) is 125 Å². The van der Waals surface area contributed by atoms with Crippen molar-refractivity contribution in [3.63, 3.8) is 0 Å². The lowest BCUT2D eigenvalue weighted by atomic mass is 9.46. The minimum atomic E-state index is -4.56. The molecule has 14 radical (unpaired) electrons. The Morgan fingerprint density at radius 2 is 1.48 bits per heavy atom. The van der Waals surface area contributed by atoms with Gasteiger partial charge in [0, 0.05) is 43.7 Å². The number of likely N-dealkylation sites (tertiary alicyclic amines) is 1. The highest BCUT2D eigenvalue weighted by molar-refractivity contribution is 6.68. The van der Waals surface area contributed by atoms with Gasteiger partial charge in [0.2, 0.25) is 0 Å². The van der Waals surface area contributed by atoms with Crippen LogP contribution in [0.15, 0.2) is 12.4 Å². The van der Waals surface area contributed by atoms with E-state index in [1.165, 1.54) is 0 Å². The summed E-state index contributed by atoms with van der Waals surface area (Å²) in [6, 6.07) is -0.483. The lowest BCUT2D eigenvalue weighted by Gasteiger charge is -2.64. The van der Waals surface area contributed by atoms with E-state index in [1.807, 2.05) is 23.6 Å². The van der Waals surface area contributed by atoms with Gasteiger partial charge in [-0.05, 0) is 32.0 Å². The Kier molecular flexibility index (Phi) is 7.85. The van der Waals surface area contributed by atoms with E-state index in [0.29, 0.717) is 51.0 Å². The Hall–Kier alpha value is -2.43. The first-order valence-electron chi connectivity index (χ1n) is 13.4. The van der Waals surface area contributed by atoms with Crippen LogP contribution in [0, 0.1) is 5.41 Å². The smallest absolute Gasteiger partial charge is 0.434 e. The van der Waals surface area contributed by atoms with Gasteiger partial charge in [0.1, 0.15) is 51.2 Å². The highest BCUT2D eigenvalue weighted by atomic mass is 19.4. The number of carbonyl (C=O) groups is 1. The van der Waals surface area contributed by atoms with Crippen LogP contribution in [0.1, 0.15) is 37.9 Å². The molecule has 17 heteroatoms. The average Bonchev–Trinajstić information content (AvgIpc) is 2.87. The first-order valence-corrected chi connectivity index (χ1v) is 13.4. The summed E-state index contributed by atoms with van der Waals surface area (Å²) in [6.07, 6.45) is -2.20. The zero-order valence-electron chi connectivity index (χ0n) is 23.4. The number of carbonyl (C=O) groups excluding carboxylic acids is 1. The number of amides is 1. The molecule has 0 unspecified atom stereocenters. The molecule has 5 rings (SSSR count). The van der Waals surface area contributed by atoms with Crippen molar-refractivity contribution in [3.8, 4) is 0 Å². The maximum Gasteiger partial charge on any atom is 0.434 e. The van der Waals surface area contributed by atoms with Crippen LogP contribution in [0.5, 0.6) is 0 Å². The molecule has 2 aromatic rings. The number of hydrogen-bond acceptors (Lipinski definition) is 6. The Labute approximate surface area is 252 Å². The predicted molar refractivity (Wildman–Crippen MR) is 160 cm³/mol. The normalized spacial score (nSPS) is 23.0. The van der Waals surface area contributed by atoms with Crippen molar-refractivity contribution < 1.29 is 22.7 Å². The van der Waals surface area contributed by atoms with Crippen molar-refractivity contribution in [1.82, 2.24) is 19.8 Å². The van der Waals surface area contributed by atoms with Crippen LogP contribution in [-0.2, 0) is 16.3 Å². The molecule has 0 bridgehead atoms. The number of aromatic nitrogens is 2. The largest absolute Gasteiger partial charge is 0.446 e. The van der Waals surface area contributed by atoms with E-state index in [1.54, 1.807) is 4.90 Å². The van der Waals surface area contributed by atoms with Gasteiger partial charge in [0.25, 0.3) is 0 Å². The third kappa shape index (κ3) is 5.28. The fraction of sp³-hybridized carbons (Fsp3) is 0.560. The molecule has 1 aromatic carbocycles. The van der Waals surface area contributed by atoms with Crippen LogP contribution in [0.4, 0.5) is 23.8 Å². The molecule has 1 aromatic heterocycles. The Bertz CT molecular complexity index is 1350. The average molecular weight is 558 g/mol. The van der Waals surface area contributed by atoms with Gasteiger partial charge in [-0.15, -0.1) is 27.3 Å². The van der Waals surface area contributed by atoms with E-state index in [0.717, 1.165) is 6.20 Å². The van der Waals surface area contributed by atoms with Gasteiger partial charge in [-0.3, -0.25) is 0 Å². The summed E-state index contributed by atoms with van der Waals surface area (Å²) in [5.74, 6) is 0.314. The lowest BCUT2D eigenvalue weighted by Crippen LogP contribution is -2.72. The van der Waals surface area contributed by atoms with Crippen molar-refractivity contribution in [2.45, 2.75) is 56.4 Å². The molecule has 3 aliphatic rings. The predicted octanol–water partition coefficient (Wildman–Crippen LogP) is -2.89. The van der Waals surface area contributed by atoms with E-state index in [2.05, 4.69) is 9.97 Å². The quantitative estimate of drug-likeness (QED) is 0.376. The molecule has 202 valence electrons. The van der Waals surface area contributed by atoms with E-state index >= 15 is 0 Å². The van der Waals surface area contributed by atoms with Gasteiger partial charge in [-0.2, -0.15) is 13.2 Å². The van der Waals surface area contributed by atoms with E-state index in [9.17, 15) is 18.0 Å². The molecule has 7 nitrogen and oxygen atoms in total. The standard InChI is InChI=1S/C25H23B7F3N5O2/c1-11-8-40(12(2)7-39(11)15-6-36-14(5-37-15)25(33,34)35)22(41)42-13-3-23(4-13)9-38(10-23)24(31,32)16-17(26)19(28)21(30)20(29)18(16)27/h5-6,11-13H,3-4,7-10H2,1-2H3/t11-,12+/m0/s1. The summed E-state index contributed by atoms with van der Waals surface area (Å²) in [6.45, 7) is 5.44. The molecule has 2 atom stereocenters. The Balaban J connectivity index is 1.15. The van der Waals surface area contributed by atoms with E-state index in [4.69, 9.17) is 59.7 Å². The number of alkyl halides is 3. The van der Waals surface area contributed by atoms with Gasteiger partial charge in [0.15, 0.2) is 5.69 Å². The second-order valence-electron chi connectivity index (χ2n) is 11.8. The first kappa shape index (κ1) is 31.0. The summed E-state index contributed by atoms with van der Waals surface area (Å²) < 4.78 is 44.4. The van der Waals surface area contributed by atoms with E-state index in [-0.39, 0.29) is 56.5 Å². The third-order valence-electron chi connectivity index (χ3n) is 8.71. The number of benzene rings is 1. The van der Waals surface area contributed by atoms with Crippen molar-refractivity contribution in [2.75, 3.05) is 31.1 Å². The molecule has 0 N–H and O–H groups in total. The summed E-state index contributed by atoms with van der Waals surface area (Å²) in [4.78, 5) is 25.8. The molecular formula is C25H23B7F3N5O2. The van der Waals surface area contributed by atoms with Crippen LogP contribution in [0.2, 0.25) is 0 Å². The second kappa shape index (κ2) is 10.6. The highest BCUT2D eigenvalue weighted by Gasteiger charge is 2.56. The molecule has 3 heterocycles. The fourth-order valence-electron chi connectivity index (χ4n) is 6.24. The molecule has 2 saturated heterocycles. The zero-order valence-corrected chi connectivity index (χ0v) is 23.4. The number of piperazine rings is 1. The summed E-state index contributed by atoms with van der Waals surface area (Å²) >= 11 is 0. The number of nitrogens with zero attached hydrogens (tertiary/aromatic N) is 5. The topological polar surface area (TPSA) is 61.8 Å². The number of hydrogen-bond donors (Lipinski definition) is 0. The van der Waals surface area contributed by atoms with Crippen molar-refractivity contribution in [3.05, 3.63) is 23.7 Å². The van der Waals surface area contributed by atoms with Crippen LogP contribution >= 0.6 is 0 Å². The van der Waals surface area contributed by atoms with Crippen molar-refractivity contribution in [1.29, 1.82) is 0 Å². The van der Waals surface area contributed by atoms with Crippen LogP contribution < -0.4 is 32.2 Å². The molecule has 42 heavy (non-hydrogen) atoms. The van der Waals surface area contributed by atoms with Crippen molar-refractivity contribution >= 4 is 94.1 Å². The first-order chi connectivity index (χ1) is 19.4. The minimum Gasteiger partial charge on any atom is -0.446 e. The Morgan fingerprint density at radius 1 is 0.905 bits per heavy atom. The van der Waals surface area contributed by atoms with Crippen LogP contribution in [0.25, 0.3) is 0 Å². The maximum atomic E-state index is 13.1. The molecular weight excluding hydrogens is 535 g/mol. The summed E-state index contributed by atoms with van der Waals surface area (Å²) in [5.41, 5.74) is -0.585. The molecule has 2 aliphatic heterocycles. The highest BCUT2D eigenvalue weighted by Crippen LogP contribution is 2.52. The minimum absolute atomic E-state index is 0.0690. The Morgan fingerprint density at radius 3 is 2.00 bits per heavy atom. The SMILES string of the molecule is [B]c1c([B])c([B])c(C([B])([B])N2CC3(CC(OC(=O)N4C[C@H](C)N(c5cnc(C(F)(F)F)cn5)C[C@H]4C)C3)C2)c([B])c1[B]. The third-order valence-corrected chi connectivity index (χ3v) is 8.71. The number of anilines is 1. The molecule has 3 fully saturated rings. The number of ether oxygens (including phenoxy) is 1. The fourth-order valence-corrected chi connectivity index (χ4v) is 6.24. The van der Waals surface area contributed by atoms with Gasteiger partial charge in [0.05, 0.1) is 28.1 Å². The zero-order chi connectivity index (χ0) is 30.9. The number of halogens is 3. The molecule has 1 amide bonds. The van der Waals surface area contributed by atoms with E-state index < -0.39 is 23.3 Å². The van der Waals surface area contributed by atoms with Gasteiger partial charge in [-0.25, -0.2) is 14.8 Å². The summed E-state index contributed by atoms with van der Waals surface area (Å²) in [5, 5.41) is -1.54. The lowest BCUT2D eigenvalue weighted by molar-refractivity contribution is -0.144. The maximum absolute atomic E-state index is 13.1. The summed E-state index contributed by atoms with van der Waals surface area (Å²) in [7, 11) is 43.2. The van der Waals surface area contributed by atoms with Gasteiger partial charge < -0.3 is 19.4 Å². The molecule has 1 spiro atoms. The molecule has 1 aliphatic carbocycles. The monoisotopic (exact) mass is 559 g/mol. The van der Waals surface area contributed by atoms with Gasteiger partial charge >= 0.3 is 12.3 Å². The van der Waals surface area contributed by atoms with Crippen LogP contribution in [0.3, 0.4) is 0 Å². The molecule has 1 saturated carbocycles.